The molecule has 0 unspecified atom stereocenters. The SMILES string of the molecule is c1ccc(-c2ccc(N(c3ccc(-c4ccccc4)cc3)c3ccc(-c4ccc5c(c4)c4cccc6c7ccccc7n5c64)cc3)cc2)cc1. The summed E-state index contributed by atoms with van der Waals surface area (Å²) in [5.74, 6) is 0. The molecule has 2 nitrogen and oxygen atoms in total. The largest absolute Gasteiger partial charge is 0.311 e. The van der Waals surface area contributed by atoms with E-state index >= 15 is 0 Å². The fourth-order valence-electron chi connectivity index (χ4n) is 7.73. The lowest BCUT2D eigenvalue weighted by Crippen LogP contribution is -2.09. The van der Waals surface area contributed by atoms with Crippen LogP contribution in [0.3, 0.4) is 0 Å². The van der Waals surface area contributed by atoms with Gasteiger partial charge in [0, 0.05) is 38.6 Å². The highest BCUT2D eigenvalue weighted by atomic mass is 15.1. The first-order valence-electron chi connectivity index (χ1n) is 17.2. The molecule has 10 aromatic rings. The highest BCUT2D eigenvalue weighted by Gasteiger charge is 2.18. The monoisotopic (exact) mass is 636 g/mol. The minimum Gasteiger partial charge on any atom is -0.311 e. The van der Waals surface area contributed by atoms with Crippen LogP contribution in [-0.2, 0) is 0 Å². The molecule has 2 heterocycles. The Morgan fingerprint density at radius 1 is 0.280 bits per heavy atom. The van der Waals surface area contributed by atoms with Gasteiger partial charge in [-0.25, -0.2) is 0 Å². The van der Waals surface area contributed by atoms with Gasteiger partial charge in [0.25, 0.3) is 0 Å². The van der Waals surface area contributed by atoms with Gasteiger partial charge in [-0.3, -0.25) is 0 Å². The molecule has 0 aliphatic rings. The Balaban J connectivity index is 1.05. The summed E-state index contributed by atoms with van der Waals surface area (Å²) < 4.78 is 2.44. The molecule has 0 amide bonds. The first-order valence-corrected chi connectivity index (χ1v) is 17.2. The Bertz CT molecular complexity index is 2680. The number of anilines is 3. The normalized spacial score (nSPS) is 11.6. The topological polar surface area (TPSA) is 7.65 Å². The van der Waals surface area contributed by atoms with Crippen molar-refractivity contribution >= 4 is 55.2 Å². The van der Waals surface area contributed by atoms with E-state index in [4.69, 9.17) is 0 Å². The lowest BCUT2D eigenvalue weighted by Gasteiger charge is -2.26. The molecule has 0 bridgehead atoms. The Morgan fingerprint density at radius 2 is 0.680 bits per heavy atom. The van der Waals surface area contributed by atoms with Crippen LogP contribution in [0.25, 0.3) is 71.5 Å². The van der Waals surface area contributed by atoms with Crippen LogP contribution in [0, 0.1) is 0 Å². The molecule has 10 rings (SSSR count). The fourth-order valence-corrected chi connectivity index (χ4v) is 7.73. The summed E-state index contributed by atoms with van der Waals surface area (Å²) in [4.78, 5) is 2.34. The third-order valence-corrected chi connectivity index (χ3v) is 10.1. The minimum absolute atomic E-state index is 1.11. The molecule has 2 heteroatoms. The second-order valence-corrected chi connectivity index (χ2v) is 13.0. The van der Waals surface area contributed by atoms with Gasteiger partial charge in [-0.1, -0.05) is 140 Å². The minimum atomic E-state index is 1.11. The summed E-state index contributed by atoms with van der Waals surface area (Å²) in [6, 6.07) is 70.3. The molecule has 0 fully saturated rings. The van der Waals surface area contributed by atoms with Crippen LogP contribution >= 0.6 is 0 Å². The van der Waals surface area contributed by atoms with E-state index in [0.29, 0.717) is 0 Å². The molecule has 0 spiro atoms. The van der Waals surface area contributed by atoms with Crippen molar-refractivity contribution < 1.29 is 0 Å². The van der Waals surface area contributed by atoms with E-state index in [0.717, 1.165) is 17.1 Å². The Kier molecular flexibility index (Phi) is 6.53. The molecule has 0 aliphatic heterocycles. The van der Waals surface area contributed by atoms with E-state index in [1.165, 1.54) is 71.5 Å². The summed E-state index contributed by atoms with van der Waals surface area (Å²) in [5, 5.41) is 5.21. The van der Waals surface area contributed by atoms with Crippen molar-refractivity contribution in [3.05, 3.63) is 194 Å². The third-order valence-electron chi connectivity index (χ3n) is 10.1. The van der Waals surface area contributed by atoms with Crippen LogP contribution in [0.1, 0.15) is 0 Å². The Labute approximate surface area is 291 Å². The summed E-state index contributed by atoms with van der Waals surface area (Å²) in [5.41, 5.74) is 14.4. The zero-order valence-electron chi connectivity index (χ0n) is 27.4. The smallest absolute Gasteiger partial charge is 0.0620 e. The van der Waals surface area contributed by atoms with Crippen molar-refractivity contribution in [2.24, 2.45) is 0 Å². The van der Waals surface area contributed by atoms with E-state index in [-0.39, 0.29) is 0 Å². The third kappa shape index (κ3) is 4.57. The van der Waals surface area contributed by atoms with Crippen molar-refractivity contribution in [2.45, 2.75) is 0 Å². The number of rotatable bonds is 6. The Hall–Kier alpha value is -6.64. The van der Waals surface area contributed by atoms with Crippen molar-refractivity contribution in [1.29, 1.82) is 0 Å². The maximum atomic E-state index is 2.44. The van der Waals surface area contributed by atoms with Crippen LogP contribution in [-0.4, -0.2) is 4.40 Å². The molecular weight excluding hydrogens is 605 g/mol. The molecule has 0 aliphatic carbocycles. The zero-order valence-corrected chi connectivity index (χ0v) is 27.4. The average Bonchev–Trinajstić information content (AvgIpc) is 3.72. The number of hydrogen-bond donors (Lipinski definition) is 0. The molecular formula is C48H32N2. The molecule has 8 aromatic carbocycles. The van der Waals surface area contributed by atoms with E-state index in [2.05, 4.69) is 203 Å². The van der Waals surface area contributed by atoms with Crippen molar-refractivity contribution in [3.63, 3.8) is 0 Å². The number of fused-ring (bicyclic) bond motifs is 6. The van der Waals surface area contributed by atoms with E-state index in [1.807, 2.05) is 0 Å². The van der Waals surface area contributed by atoms with Crippen LogP contribution in [0.4, 0.5) is 17.1 Å². The van der Waals surface area contributed by atoms with Gasteiger partial charge in [-0.05, 0) is 88.0 Å². The zero-order chi connectivity index (χ0) is 33.0. The van der Waals surface area contributed by atoms with Gasteiger partial charge in [-0.2, -0.15) is 0 Å². The highest BCUT2D eigenvalue weighted by Crippen LogP contribution is 2.41. The van der Waals surface area contributed by atoms with Crippen molar-refractivity contribution in [2.75, 3.05) is 4.90 Å². The van der Waals surface area contributed by atoms with Crippen molar-refractivity contribution in [3.8, 4) is 33.4 Å². The van der Waals surface area contributed by atoms with Crippen LogP contribution < -0.4 is 4.90 Å². The second kappa shape index (κ2) is 11.5. The number of para-hydroxylation sites is 2. The highest BCUT2D eigenvalue weighted by molar-refractivity contribution is 6.23. The van der Waals surface area contributed by atoms with Gasteiger partial charge >= 0.3 is 0 Å². The van der Waals surface area contributed by atoms with Crippen molar-refractivity contribution in [1.82, 2.24) is 4.40 Å². The molecule has 50 heavy (non-hydrogen) atoms. The molecule has 0 N–H and O–H groups in total. The first kappa shape index (κ1) is 28.4. The van der Waals surface area contributed by atoms with E-state index in [1.54, 1.807) is 0 Å². The number of benzene rings is 8. The van der Waals surface area contributed by atoms with Gasteiger partial charge in [0.05, 0.1) is 16.6 Å². The van der Waals surface area contributed by atoms with Gasteiger partial charge in [-0.15, -0.1) is 0 Å². The maximum Gasteiger partial charge on any atom is 0.0620 e. The second-order valence-electron chi connectivity index (χ2n) is 13.0. The standard InChI is InChI=1S/C48H32N2/c1-3-10-33(11-4-1)35-18-25-39(26-19-35)49(40-27-20-36(21-28-40)34-12-5-2-6-13-34)41-29-22-37(23-30-41)38-24-31-47-45(32-38)44-16-9-15-43-42-14-7-8-17-46(42)50(47)48(43)44/h1-32H. The maximum absolute atomic E-state index is 2.44. The summed E-state index contributed by atoms with van der Waals surface area (Å²) in [6.45, 7) is 0. The predicted molar refractivity (Wildman–Crippen MR) is 212 cm³/mol. The van der Waals surface area contributed by atoms with E-state index < -0.39 is 0 Å². The Morgan fingerprint density at radius 3 is 1.24 bits per heavy atom. The molecule has 0 atom stereocenters. The lowest BCUT2D eigenvalue weighted by atomic mass is 10.0. The summed E-state index contributed by atoms with van der Waals surface area (Å²) in [7, 11) is 0. The molecule has 0 saturated carbocycles. The van der Waals surface area contributed by atoms with Crippen LogP contribution in [0.5, 0.6) is 0 Å². The number of aromatic nitrogens is 1. The fraction of sp³-hybridized carbons (Fsp3) is 0. The first-order chi connectivity index (χ1) is 24.8. The summed E-state index contributed by atoms with van der Waals surface area (Å²) in [6.07, 6.45) is 0. The van der Waals surface area contributed by atoms with Gasteiger partial charge < -0.3 is 9.30 Å². The molecule has 234 valence electrons. The lowest BCUT2D eigenvalue weighted by molar-refractivity contribution is 1.28. The predicted octanol–water partition coefficient (Wildman–Crippen LogP) is 13.3. The molecule has 0 saturated heterocycles. The number of nitrogens with zero attached hydrogens (tertiary/aromatic N) is 2. The van der Waals surface area contributed by atoms with Gasteiger partial charge in [0.15, 0.2) is 0 Å². The van der Waals surface area contributed by atoms with Crippen LogP contribution in [0.15, 0.2) is 194 Å². The molecule has 0 radical (unpaired) electrons. The molecule has 2 aromatic heterocycles. The average molecular weight is 637 g/mol. The number of hydrogen-bond acceptors (Lipinski definition) is 1. The van der Waals surface area contributed by atoms with E-state index in [9.17, 15) is 0 Å². The van der Waals surface area contributed by atoms with Gasteiger partial charge in [0.2, 0.25) is 0 Å². The summed E-state index contributed by atoms with van der Waals surface area (Å²) >= 11 is 0. The van der Waals surface area contributed by atoms with Crippen LogP contribution in [0.2, 0.25) is 0 Å². The van der Waals surface area contributed by atoms with Gasteiger partial charge in [0.1, 0.15) is 0 Å². The quantitative estimate of drug-likeness (QED) is 0.176.